The number of hydrogen-bond acceptors (Lipinski definition) is 0. The van der Waals surface area contributed by atoms with Gasteiger partial charge in [-0.2, -0.15) is 0 Å². The van der Waals surface area contributed by atoms with Crippen LogP contribution in [-0.2, 0) is 0 Å². The molecule has 1 nitrogen and oxygen atoms in total. The molecule has 7 rings (SSSR count). The van der Waals surface area contributed by atoms with Crippen molar-refractivity contribution in [2.75, 3.05) is 0 Å². The molecular weight excluding hydrogens is 350 g/mol. The summed E-state index contributed by atoms with van der Waals surface area (Å²) in [4.78, 5) is 0. The predicted molar refractivity (Wildman–Crippen MR) is 123 cm³/mol. The molecule has 0 atom stereocenters. The fraction of sp³-hybridized carbons (Fsp3) is 0. The van der Waals surface area contributed by atoms with Crippen molar-refractivity contribution in [2.24, 2.45) is 0 Å². The molecular formula is C28H17N. The minimum Gasteiger partial charge on any atom is -0.309 e. The lowest BCUT2D eigenvalue weighted by Gasteiger charge is -2.12. The first-order valence-corrected chi connectivity index (χ1v) is 10.1. The maximum absolute atomic E-state index is 2.42. The topological polar surface area (TPSA) is 4.93 Å². The van der Waals surface area contributed by atoms with Gasteiger partial charge in [-0.1, -0.05) is 78.9 Å². The average Bonchev–Trinajstić information content (AvgIpc) is 3.32. The van der Waals surface area contributed by atoms with Gasteiger partial charge in [0.1, 0.15) is 0 Å². The molecule has 0 N–H and O–H groups in total. The smallest absolute Gasteiger partial charge is 0.0547 e. The lowest BCUT2D eigenvalue weighted by Crippen LogP contribution is -1.94. The molecule has 1 heterocycles. The molecule has 1 heteroatoms. The standard InChI is InChI=1S/C28H17N/c1-2-6-18(7-3-1)19-12-15-21(16-13-19)29-24-11-5-10-23-22-9-4-8-20-14-17-25(29)28(26(20)22)27(23)24/h1-17H. The first-order chi connectivity index (χ1) is 14.4. The molecule has 0 radical (unpaired) electrons. The lowest BCUT2D eigenvalue weighted by molar-refractivity contribution is 1.18. The molecule has 1 aliphatic carbocycles. The second kappa shape index (κ2) is 5.36. The van der Waals surface area contributed by atoms with E-state index in [1.807, 2.05) is 0 Å². The van der Waals surface area contributed by atoms with Crippen molar-refractivity contribution in [2.45, 2.75) is 0 Å². The Hall–Kier alpha value is -3.84. The van der Waals surface area contributed by atoms with Crippen LogP contribution in [0.2, 0.25) is 0 Å². The van der Waals surface area contributed by atoms with E-state index in [9.17, 15) is 0 Å². The molecule has 0 saturated heterocycles. The molecule has 5 aromatic carbocycles. The third-order valence-corrected chi connectivity index (χ3v) is 6.32. The van der Waals surface area contributed by atoms with Gasteiger partial charge in [-0.05, 0) is 57.3 Å². The average molecular weight is 367 g/mol. The highest BCUT2D eigenvalue weighted by molar-refractivity contribution is 6.33. The van der Waals surface area contributed by atoms with Crippen LogP contribution in [0.5, 0.6) is 0 Å². The Balaban J connectivity index is 1.54. The first-order valence-electron chi connectivity index (χ1n) is 10.1. The van der Waals surface area contributed by atoms with Gasteiger partial charge in [0.2, 0.25) is 0 Å². The van der Waals surface area contributed by atoms with Gasteiger partial charge in [-0.3, -0.25) is 0 Å². The third-order valence-electron chi connectivity index (χ3n) is 6.32. The molecule has 0 spiro atoms. The molecule has 0 aliphatic heterocycles. The third kappa shape index (κ3) is 1.89. The number of benzene rings is 5. The maximum Gasteiger partial charge on any atom is 0.0547 e. The Kier molecular flexibility index (Phi) is 2.80. The van der Waals surface area contributed by atoms with Crippen molar-refractivity contribution in [1.29, 1.82) is 0 Å². The molecule has 29 heavy (non-hydrogen) atoms. The van der Waals surface area contributed by atoms with Crippen LogP contribution in [0.15, 0.2) is 103 Å². The molecule has 0 amide bonds. The van der Waals surface area contributed by atoms with E-state index in [0.717, 1.165) is 0 Å². The number of rotatable bonds is 2. The van der Waals surface area contributed by atoms with Crippen LogP contribution in [0.1, 0.15) is 0 Å². The van der Waals surface area contributed by atoms with E-state index in [1.54, 1.807) is 0 Å². The van der Waals surface area contributed by atoms with Gasteiger partial charge < -0.3 is 4.57 Å². The normalized spacial score (nSPS) is 12.1. The predicted octanol–water partition coefficient (Wildman–Crippen LogP) is 7.58. The van der Waals surface area contributed by atoms with Gasteiger partial charge in [0.15, 0.2) is 0 Å². The molecule has 6 aromatic rings. The van der Waals surface area contributed by atoms with Crippen molar-refractivity contribution in [3.8, 4) is 27.9 Å². The van der Waals surface area contributed by atoms with Crippen molar-refractivity contribution in [3.63, 3.8) is 0 Å². The Morgan fingerprint density at radius 2 is 1.10 bits per heavy atom. The van der Waals surface area contributed by atoms with Crippen LogP contribution >= 0.6 is 0 Å². The maximum atomic E-state index is 2.42. The number of nitrogens with zero attached hydrogens (tertiary/aromatic N) is 1. The van der Waals surface area contributed by atoms with Crippen LogP contribution in [0.25, 0.3) is 60.5 Å². The summed E-state index contributed by atoms with van der Waals surface area (Å²) in [5, 5.41) is 5.51. The Bertz CT molecular complexity index is 1570. The largest absolute Gasteiger partial charge is 0.309 e. The number of aromatic nitrogens is 1. The zero-order valence-electron chi connectivity index (χ0n) is 15.8. The Morgan fingerprint density at radius 1 is 0.414 bits per heavy atom. The molecule has 0 bridgehead atoms. The van der Waals surface area contributed by atoms with Crippen molar-refractivity contribution in [3.05, 3.63) is 103 Å². The fourth-order valence-corrected chi connectivity index (χ4v) is 5.09. The minimum atomic E-state index is 1.21. The second-order valence-corrected chi connectivity index (χ2v) is 7.81. The van der Waals surface area contributed by atoms with E-state index in [4.69, 9.17) is 0 Å². The molecule has 0 fully saturated rings. The Labute approximate surface area is 168 Å². The van der Waals surface area contributed by atoms with E-state index in [-0.39, 0.29) is 0 Å². The lowest BCUT2D eigenvalue weighted by atomic mass is 10.0. The van der Waals surface area contributed by atoms with E-state index in [0.29, 0.717) is 0 Å². The first kappa shape index (κ1) is 15.1. The summed E-state index contributed by atoms with van der Waals surface area (Å²) in [7, 11) is 0. The molecule has 0 unspecified atom stereocenters. The van der Waals surface area contributed by atoms with Crippen LogP contribution in [0.4, 0.5) is 0 Å². The highest BCUT2D eigenvalue weighted by atomic mass is 15.0. The zero-order chi connectivity index (χ0) is 18.9. The van der Waals surface area contributed by atoms with Crippen LogP contribution in [0.3, 0.4) is 0 Å². The molecule has 1 aromatic heterocycles. The zero-order valence-corrected chi connectivity index (χ0v) is 15.8. The summed E-state index contributed by atoms with van der Waals surface area (Å²) in [5.41, 5.74) is 9.01. The summed E-state index contributed by atoms with van der Waals surface area (Å²) in [6.45, 7) is 0. The number of hydrogen-bond donors (Lipinski definition) is 0. The van der Waals surface area contributed by atoms with E-state index in [2.05, 4.69) is 108 Å². The quantitative estimate of drug-likeness (QED) is 0.297. The van der Waals surface area contributed by atoms with Gasteiger partial charge in [0, 0.05) is 16.5 Å². The van der Waals surface area contributed by atoms with Crippen molar-refractivity contribution >= 4 is 32.6 Å². The summed E-state index contributed by atoms with van der Waals surface area (Å²) in [6, 6.07) is 37.4. The monoisotopic (exact) mass is 367 g/mol. The van der Waals surface area contributed by atoms with E-state index < -0.39 is 0 Å². The van der Waals surface area contributed by atoms with Gasteiger partial charge >= 0.3 is 0 Å². The number of fused-ring (bicyclic) bond motifs is 1. The van der Waals surface area contributed by atoms with Crippen LogP contribution in [0, 0.1) is 0 Å². The highest BCUT2D eigenvalue weighted by Crippen LogP contribution is 2.49. The summed E-state index contributed by atoms with van der Waals surface area (Å²) in [6.07, 6.45) is 0. The van der Waals surface area contributed by atoms with Gasteiger partial charge in [-0.15, -0.1) is 0 Å². The van der Waals surface area contributed by atoms with E-state index >= 15 is 0 Å². The minimum absolute atomic E-state index is 1.21. The summed E-state index contributed by atoms with van der Waals surface area (Å²) >= 11 is 0. The van der Waals surface area contributed by atoms with Gasteiger partial charge in [0.05, 0.1) is 11.0 Å². The summed E-state index contributed by atoms with van der Waals surface area (Å²) < 4.78 is 2.42. The second-order valence-electron chi connectivity index (χ2n) is 7.81. The molecule has 0 saturated carbocycles. The van der Waals surface area contributed by atoms with Gasteiger partial charge in [-0.25, -0.2) is 0 Å². The Morgan fingerprint density at radius 3 is 1.93 bits per heavy atom. The van der Waals surface area contributed by atoms with Crippen LogP contribution in [-0.4, -0.2) is 4.57 Å². The highest BCUT2D eigenvalue weighted by Gasteiger charge is 2.24. The van der Waals surface area contributed by atoms with Gasteiger partial charge in [0.25, 0.3) is 0 Å². The summed E-state index contributed by atoms with van der Waals surface area (Å²) in [5.74, 6) is 0. The van der Waals surface area contributed by atoms with Crippen LogP contribution < -0.4 is 0 Å². The fourth-order valence-electron chi connectivity index (χ4n) is 5.09. The molecule has 1 aliphatic rings. The SMILES string of the molecule is c1ccc(-c2ccc(-n3c4cccc5c4c4c6c-5cccc6ccc43)cc2)cc1. The molecule has 134 valence electrons. The van der Waals surface area contributed by atoms with Crippen molar-refractivity contribution in [1.82, 2.24) is 4.57 Å². The van der Waals surface area contributed by atoms with Crippen molar-refractivity contribution < 1.29 is 0 Å². The van der Waals surface area contributed by atoms with E-state index in [1.165, 1.54) is 60.5 Å².